The number of hydrogen-bond donors (Lipinski definition) is 3. The van der Waals surface area contributed by atoms with Crippen LogP contribution in [0.15, 0.2) is 47.3 Å². The number of unbranched alkanes of at least 4 members (excludes halogenated alkanes) is 2. The SMILES string of the molecule is NC(=O)c1ccccc1N1CCN(CCCCCn2c(-c3ccc(F)c(F)c3)c(C(N)=O)[nH]c2=O)CC1. The van der Waals surface area contributed by atoms with Crippen molar-refractivity contribution in [2.24, 2.45) is 11.5 Å². The molecule has 0 atom stereocenters. The number of imidazole rings is 1. The molecule has 37 heavy (non-hydrogen) atoms. The van der Waals surface area contributed by atoms with Gasteiger partial charge in [0.15, 0.2) is 11.6 Å². The number of nitrogens with zero attached hydrogens (tertiary/aromatic N) is 3. The standard InChI is InChI=1S/C26H30F2N6O3/c27-19-9-8-17(16-20(19)28)23-22(25(30)36)31-26(37)34(23)11-5-1-4-10-32-12-14-33(15-13-32)21-7-3-2-6-18(21)24(29)35/h2-3,6-9,16H,1,4-5,10-15H2,(H2,29,35)(H2,30,36)(H,31,37). The van der Waals surface area contributed by atoms with E-state index in [-0.39, 0.29) is 17.0 Å². The number of halogens is 2. The number of anilines is 1. The molecule has 0 bridgehead atoms. The molecule has 11 heteroatoms. The van der Waals surface area contributed by atoms with Gasteiger partial charge in [-0.2, -0.15) is 0 Å². The number of benzene rings is 2. The molecular formula is C26H30F2N6O3. The Labute approximate surface area is 212 Å². The Kier molecular flexibility index (Phi) is 8.02. The van der Waals surface area contributed by atoms with Crippen LogP contribution in [0.25, 0.3) is 11.3 Å². The minimum Gasteiger partial charge on any atom is -0.368 e. The van der Waals surface area contributed by atoms with Gasteiger partial charge in [0, 0.05) is 44.0 Å². The zero-order chi connectivity index (χ0) is 26.5. The van der Waals surface area contributed by atoms with Crippen molar-refractivity contribution in [3.05, 3.63) is 75.8 Å². The Morgan fingerprint density at radius 3 is 2.24 bits per heavy atom. The number of piperazine rings is 1. The van der Waals surface area contributed by atoms with E-state index in [0.717, 1.165) is 63.4 Å². The fraction of sp³-hybridized carbons (Fsp3) is 0.346. The number of aromatic nitrogens is 2. The van der Waals surface area contributed by atoms with Crippen molar-refractivity contribution in [3.8, 4) is 11.3 Å². The first-order chi connectivity index (χ1) is 17.8. The Bertz CT molecular complexity index is 1340. The molecule has 0 unspecified atom stereocenters. The number of carbonyl (C=O) groups excluding carboxylic acids is 2. The molecule has 9 nitrogen and oxygen atoms in total. The molecule has 0 aliphatic carbocycles. The maximum absolute atomic E-state index is 13.8. The van der Waals surface area contributed by atoms with Crippen LogP contribution in [-0.4, -0.2) is 59.0 Å². The Hall–Kier alpha value is -3.99. The van der Waals surface area contributed by atoms with Gasteiger partial charge in [0.2, 0.25) is 0 Å². The zero-order valence-electron chi connectivity index (χ0n) is 20.4. The molecule has 4 rings (SSSR count). The molecule has 2 amide bonds. The van der Waals surface area contributed by atoms with Crippen LogP contribution in [0.5, 0.6) is 0 Å². The lowest BCUT2D eigenvalue weighted by Gasteiger charge is -2.36. The summed E-state index contributed by atoms with van der Waals surface area (Å²) < 4.78 is 28.6. The van der Waals surface area contributed by atoms with E-state index in [4.69, 9.17) is 11.5 Å². The van der Waals surface area contributed by atoms with Crippen molar-refractivity contribution in [2.75, 3.05) is 37.6 Å². The number of nitrogens with two attached hydrogens (primary N) is 2. The fourth-order valence-corrected chi connectivity index (χ4v) is 4.76. The number of amides is 2. The first-order valence-corrected chi connectivity index (χ1v) is 12.2. The van der Waals surface area contributed by atoms with E-state index in [0.29, 0.717) is 18.5 Å². The molecule has 2 aromatic carbocycles. The van der Waals surface area contributed by atoms with Crippen LogP contribution in [0.1, 0.15) is 40.1 Å². The first kappa shape index (κ1) is 26.1. The number of aromatic amines is 1. The van der Waals surface area contributed by atoms with Crippen molar-refractivity contribution in [2.45, 2.75) is 25.8 Å². The minimum absolute atomic E-state index is 0.133. The van der Waals surface area contributed by atoms with Crippen LogP contribution in [-0.2, 0) is 6.54 Å². The summed E-state index contributed by atoms with van der Waals surface area (Å²) in [5.74, 6) is -3.39. The summed E-state index contributed by atoms with van der Waals surface area (Å²) >= 11 is 0. The summed E-state index contributed by atoms with van der Waals surface area (Å²) in [7, 11) is 0. The highest BCUT2D eigenvalue weighted by molar-refractivity contribution is 5.98. The lowest BCUT2D eigenvalue weighted by atomic mass is 10.1. The molecule has 1 aromatic heterocycles. The minimum atomic E-state index is -1.08. The molecule has 1 fully saturated rings. The van der Waals surface area contributed by atoms with Gasteiger partial charge in [0.25, 0.3) is 11.8 Å². The van der Waals surface area contributed by atoms with Gasteiger partial charge in [-0.15, -0.1) is 0 Å². The van der Waals surface area contributed by atoms with Crippen molar-refractivity contribution >= 4 is 17.5 Å². The quantitative estimate of drug-likeness (QED) is 0.359. The number of H-pyrrole nitrogens is 1. The van der Waals surface area contributed by atoms with Gasteiger partial charge in [0.05, 0.1) is 11.3 Å². The number of hydrogen-bond acceptors (Lipinski definition) is 5. The van der Waals surface area contributed by atoms with Crippen molar-refractivity contribution < 1.29 is 18.4 Å². The van der Waals surface area contributed by atoms with Crippen LogP contribution in [0.4, 0.5) is 14.5 Å². The van der Waals surface area contributed by atoms with Crippen LogP contribution in [0.2, 0.25) is 0 Å². The number of rotatable bonds is 10. The summed E-state index contributed by atoms with van der Waals surface area (Å²) in [4.78, 5) is 43.1. The summed E-state index contributed by atoms with van der Waals surface area (Å²) in [5, 5.41) is 0. The van der Waals surface area contributed by atoms with Crippen molar-refractivity contribution in [3.63, 3.8) is 0 Å². The van der Waals surface area contributed by atoms with Gasteiger partial charge >= 0.3 is 5.69 Å². The first-order valence-electron chi connectivity index (χ1n) is 12.2. The average Bonchev–Trinajstić information content (AvgIpc) is 3.22. The number of nitrogens with one attached hydrogen (secondary N) is 1. The predicted molar refractivity (Wildman–Crippen MR) is 136 cm³/mol. The molecular weight excluding hydrogens is 482 g/mol. The zero-order valence-corrected chi connectivity index (χ0v) is 20.4. The van der Waals surface area contributed by atoms with Crippen molar-refractivity contribution in [1.29, 1.82) is 0 Å². The molecule has 1 saturated heterocycles. The second-order valence-corrected chi connectivity index (χ2v) is 9.07. The van der Waals surface area contributed by atoms with E-state index in [2.05, 4.69) is 14.8 Å². The van der Waals surface area contributed by atoms with Crippen LogP contribution < -0.4 is 22.1 Å². The third-order valence-corrected chi connectivity index (χ3v) is 6.66. The summed E-state index contributed by atoms with van der Waals surface area (Å²) in [6.45, 7) is 4.47. The highest BCUT2D eigenvalue weighted by atomic mass is 19.2. The van der Waals surface area contributed by atoms with Crippen LogP contribution >= 0.6 is 0 Å². The van der Waals surface area contributed by atoms with Gasteiger partial charge in [-0.3, -0.25) is 19.1 Å². The molecule has 0 spiro atoms. The van der Waals surface area contributed by atoms with E-state index in [1.54, 1.807) is 12.1 Å². The van der Waals surface area contributed by atoms with Gasteiger partial charge in [-0.1, -0.05) is 18.6 Å². The predicted octanol–water partition coefficient (Wildman–Crippen LogP) is 2.31. The third-order valence-electron chi connectivity index (χ3n) is 6.66. The molecule has 1 aliphatic rings. The van der Waals surface area contributed by atoms with E-state index >= 15 is 0 Å². The maximum atomic E-state index is 13.8. The molecule has 5 N–H and O–H groups in total. The third kappa shape index (κ3) is 5.88. The highest BCUT2D eigenvalue weighted by Gasteiger charge is 2.22. The number of para-hydroxylation sites is 1. The van der Waals surface area contributed by atoms with E-state index in [1.807, 2.05) is 12.1 Å². The Morgan fingerprint density at radius 2 is 1.57 bits per heavy atom. The molecule has 1 aliphatic heterocycles. The number of carbonyl (C=O) groups is 2. The molecule has 2 heterocycles. The lowest BCUT2D eigenvalue weighted by Crippen LogP contribution is -2.47. The Morgan fingerprint density at radius 1 is 0.865 bits per heavy atom. The topological polar surface area (TPSA) is 130 Å². The summed E-state index contributed by atoms with van der Waals surface area (Å²) in [6, 6.07) is 10.6. The molecule has 3 aromatic rings. The van der Waals surface area contributed by atoms with Gasteiger partial charge in [0.1, 0.15) is 5.69 Å². The van der Waals surface area contributed by atoms with Crippen LogP contribution in [0.3, 0.4) is 0 Å². The van der Waals surface area contributed by atoms with Crippen LogP contribution in [0, 0.1) is 11.6 Å². The largest absolute Gasteiger partial charge is 0.368 e. The van der Waals surface area contributed by atoms with E-state index in [9.17, 15) is 23.2 Å². The summed E-state index contributed by atoms with van der Waals surface area (Å²) in [5.41, 5.74) is 12.0. The normalized spacial score (nSPS) is 14.2. The second kappa shape index (κ2) is 11.4. The fourth-order valence-electron chi connectivity index (χ4n) is 4.76. The summed E-state index contributed by atoms with van der Waals surface area (Å²) in [6.07, 6.45) is 2.38. The Balaban J connectivity index is 1.31. The highest BCUT2D eigenvalue weighted by Crippen LogP contribution is 2.25. The van der Waals surface area contributed by atoms with Crippen molar-refractivity contribution in [1.82, 2.24) is 14.5 Å². The van der Waals surface area contributed by atoms with E-state index in [1.165, 1.54) is 10.6 Å². The van der Waals surface area contributed by atoms with E-state index < -0.39 is 29.1 Å². The smallest absolute Gasteiger partial charge is 0.326 e. The van der Waals surface area contributed by atoms with Gasteiger partial charge in [-0.25, -0.2) is 13.6 Å². The second-order valence-electron chi connectivity index (χ2n) is 9.07. The molecule has 0 saturated carbocycles. The van der Waals surface area contributed by atoms with Gasteiger partial charge in [-0.05, 0) is 49.7 Å². The molecule has 0 radical (unpaired) electrons. The lowest BCUT2D eigenvalue weighted by molar-refractivity contribution is 0.0990. The number of primary amides is 2. The average molecular weight is 513 g/mol. The maximum Gasteiger partial charge on any atom is 0.326 e. The molecule has 196 valence electrons. The monoisotopic (exact) mass is 512 g/mol. The van der Waals surface area contributed by atoms with Gasteiger partial charge < -0.3 is 21.4 Å².